The van der Waals surface area contributed by atoms with Crippen molar-refractivity contribution in [2.24, 2.45) is 11.3 Å². The zero-order valence-electron chi connectivity index (χ0n) is 19.6. The summed E-state index contributed by atoms with van der Waals surface area (Å²) in [5, 5.41) is 55.1. The highest BCUT2D eigenvalue weighted by Crippen LogP contribution is 2.50. The molecule has 1 saturated carbocycles. The Labute approximate surface area is 188 Å². The smallest absolute Gasteiger partial charge is 0.341 e. The van der Waals surface area contributed by atoms with Crippen molar-refractivity contribution in [2.45, 2.75) is 101 Å². The van der Waals surface area contributed by atoms with Crippen LogP contribution in [0, 0.1) is 11.3 Å². The van der Waals surface area contributed by atoms with Crippen LogP contribution in [0.25, 0.3) is 0 Å². The van der Waals surface area contributed by atoms with E-state index in [1.807, 2.05) is 0 Å². The summed E-state index contributed by atoms with van der Waals surface area (Å²) in [5.41, 5.74) is -3.72. The third kappa shape index (κ3) is 5.10. The van der Waals surface area contributed by atoms with E-state index >= 15 is 0 Å². The number of methoxy groups -OCH3 is 1. The molecule has 0 aromatic rings. The Bertz CT molecular complexity index is 671. The summed E-state index contributed by atoms with van der Waals surface area (Å²) in [4.78, 5) is 24.8. The number of amides is 1. The van der Waals surface area contributed by atoms with Crippen LogP contribution in [-0.4, -0.2) is 92.8 Å². The average Bonchev–Trinajstić information content (AvgIpc) is 2.72. The molecule has 2 aliphatic rings. The fourth-order valence-corrected chi connectivity index (χ4v) is 5.17. The number of aliphatic hydroxyl groups is 5. The van der Waals surface area contributed by atoms with Gasteiger partial charge in [-0.05, 0) is 37.0 Å². The molecule has 6 N–H and O–H groups in total. The molecule has 0 unspecified atom stereocenters. The molecule has 2 rings (SSSR count). The van der Waals surface area contributed by atoms with Crippen LogP contribution in [0.4, 0.5) is 0 Å². The minimum atomic E-state index is -2.03. The predicted octanol–water partition coefficient (Wildman–Crippen LogP) is -0.766. The van der Waals surface area contributed by atoms with E-state index < -0.39 is 60.1 Å². The van der Waals surface area contributed by atoms with Crippen LogP contribution in [0.1, 0.15) is 59.8 Å². The van der Waals surface area contributed by atoms with Crippen molar-refractivity contribution in [1.82, 2.24) is 5.32 Å². The zero-order chi connectivity index (χ0) is 24.5. The Morgan fingerprint density at radius 2 is 1.78 bits per heavy atom. The molecule has 1 amide bonds. The van der Waals surface area contributed by atoms with Gasteiger partial charge in [-0.3, -0.25) is 4.79 Å². The molecule has 0 radical (unpaired) electrons. The van der Waals surface area contributed by atoms with Gasteiger partial charge in [-0.2, -0.15) is 0 Å². The van der Waals surface area contributed by atoms with Crippen LogP contribution in [0.2, 0.25) is 0 Å². The third-order valence-corrected chi connectivity index (χ3v) is 7.19. The van der Waals surface area contributed by atoms with Gasteiger partial charge in [0.25, 0.3) is 0 Å². The molecule has 186 valence electrons. The average molecular weight is 462 g/mol. The van der Waals surface area contributed by atoms with Crippen LogP contribution in [-0.2, 0) is 19.1 Å². The lowest BCUT2D eigenvalue weighted by atomic mass is 9.62. The van der Waals surface area contributed by atoms with Gasteiger partial charge < -0.3 is 40.3 Å². The van der Waals surface area contributed by atoms with E-state index in [1.54, 1.807) is 0 Å². The van der Waals surface area contributed by atoms with Crippen molar-refractivity contribution in [1.29, 1.82) is 0 Å². The highest BCUT2D eigenvalue weighted by Gasteiger charge is 2.65. The number of ether oxygens (including phenoxy) is 2. The quantitative estimate of drug-likeness (QED) is 0.279. The van der Waals surface area contributed by atoms with Crippen LogP contribution >= 0.6 is 0 Å². The fraction of sp³-hybridized carbons (Fsp3) is 0.909. The van der Waals surface area contributed by atoms with E-state index in [0.29, 0.717) is 18.8 Å². The summed E-state index contributed by atoms with van der Waals surface area (Å²) in [5.74, 6) is -1.13. The van der Waals surface area contributed by atoms with Gasteiger partial charge in [-0.25, -0.2) is 4.79 Å². The van der Waals surface area contributed by atoms with Gasteiger partial charge in [0.1, 0.15) is 23.9 Å². The van der Waals surface area contributed by atoms with E-state index in [9.17, 15) is 35.1 Å². The second kappa shape index (κ2) is 9.90. The molecular formula is C22H39NO9. The van der Waals surface area contributed by atoms with E-state index in [4.69, 9.17) is 9.47 Å². The maximum absolute atomic E-state index is 13.1. The molecule has 10 nitrogen and oxygen atoms in total. The number of esters is 1. The molecule has 1 saturated heterocycles. The third-order valence-electron chi connectivity index (χ3n) is 7.19. The van der Waals surface area contributed by atoms with Crippen molar-refractivity contribution in [3.05, 3.63) is 0 Å². The van der Waals surface area contributed by atoms with Gasteiger partial charge in [0.2, 0.25) is 5.91 Å². The predicted molar refractivity (Wildman–Crippen MR) is 113 cm³/mol. The number of carbonyl (C=O) groups excluding carboxylic acids is 2. The Morgan fingerprint density at radius 3 is 2.22 bits per heavy atom. The summed E-state index contributed by atoms with van der Waals surface area (Å²) in [6.45, 7) is 6.73. The fourth-order valence-electron chi connectivity index (χ4n) is 5.17. The lowest BCUT2D eigenvalue weighted by Gasteiger charge is -2.55. The first-order chi connectivity index (χ1) is 14.7. The van der Waals surface area contributed by atoms with Crippen molar-refractivity contribution >= 4 is 11.9 Å². The summed E-state index contributed by atoms with van der Waals surface area (Å²) in [7, 11) is 1.14. The largest absolute Gasteiger partial charge is 0.467 e. The molecule has 1 aliphatic heterocycles. The molecule has 10 heteroatoms. The maximum atomic E-state index is 13.1. The van der Waals surface area contributed by atoms with E-state index in [-0.39, 0.29) is 24.7 Å². The number of nitrogens with one attached hydrogen (secondary N) is 1. The Kier molecular flexibility index (Phi) is 8.34. The van der Waals surface area contributed by atoms with E-state index in [0.717, 1.165) is 7.11 Å². The molecule has 0 spiro atoms. The van der Waals surface area contributed by atoms with Crippen LogP contribution in [0.15, 0.2) is 0 Å². The zero-order valence-corrected chi connectivity index (χ0v) is 19.6. The summed E-state index contributed by atoms with van der Waals surface area (Å²) in [6, 6.07) is -1.18. The van der Waals surface area contributed by atoms with Crippen molar-refractivity contribution in [3.8, 4) is 0 Å². The summed E-state index contributed by atoms with van der Waals surface area (Å²) < 4.78 is 11.0. The lowest BCUT2D eigenvalue weighted by molar-refractivity contribution is -0.283. The molecule has 0 aromatic heterocycles. The number of carbonyl (C=O) groups is 2. The topological polar surface area (TPSA) is 166 Å². The van der Waals surface area contributed by atoms with Gasteiger partial charge in [0, 0.05) is 13.3 Å². The molecule has 1 heterocycles. The Balaban J connectivity index is 2.47. The lowest BCUT2D eigenvalue weighted by Crippen LogP contribution is -2.73. The van der Waals surface area contributed by atoms with Crippen LogP contribution in [0.5, 0.6) is 0 Å². The van der Waals surface area contributed by atoms with Crippen molar-refractivity contribution in [3.63, 3.8) is 0 Å². The Morgan fingerprint density at radius 1 is 1.22 bits per heavy atom. The molecule has 0 aromatic carbocycles. The Hall–Kier alpha value is -1.30. The monoisotopic (exact) mass is 461 g/mol. The molecular weight excluding hydrogens is 422 g/mol. The molecule has 6 atom stereocenters. The molecule has 0 bridgehead atoms. The number of rotatable bonds is 6. The van der Waals surface area contributed by atoms with E-state index in [2.05, 4.69) is 26.1 Å². The first kappa shape index (κ1) is 26.9. The van der Waals surface area contributed by atoms with Gasteiger partial charge in [-0.1, -0.05) is 20.8 Å². The van der Waals surface area contributed by atoms with Gasteiger partial charge in [0.05, 0.1) is 25.9 Å². The first-order valence-corrected chi connectivity index (χ1v) is 11.1. The maximum Gasteiger partial charge on any atom is 0.341 e. The number of hydrogen-bond donors (Lipinski definition) is 6. The molecule has 2 fully saturated rings. The summed E-state index contributed by atoms with van der Waals surface area (Å²) >= 11 is 0. The minimum absolute atomic E-state index is 0.00711. The highest BCUT2D eigenvalue weighted by atomic mass is 16.6. The van der Waals surface area contributed by atoms with Gasteiger partial charge in [0.15, 0.2) is 5.60 Å². The molecule has 32 heavy (non-hydrogen) atoms. The van der Waals surface area contributed by atoms with Crippen LogP contribution < -0.4 is 5.32 Å². The minimum Gasteiger partial charge on any atom is -0.467 e. The number of hydrogen-bond acceptors (Lipinski definition) is 9. The number of aliphatic hydroxyl groups excluding tert-OH is 4. The first-order valence-electron chi connectivity index (χ1n) is 11.1. The van der Waals surface area contributed by atoms with Crippen LogP contribution in [0.3, 0.4) is 0 Å². The SMILES string of the molecule is COC(=O)[C@@]1(C2(O)CCC(C(C)(C)C)CC2)C[C@H](O)[C@@H](NC(C)=O)[C@H]([C@H](O)[C@H](O)CO)O1. The van der Waals surface area contributed by atoms with E-state index in [1.165, 1.54) is 6.92 Å². The summed E-state index contributed by atoms with van der Waals surface area (Å²) in [6.07, 6.45) is -5.07. The highest BCUT2D eigenvalue weighted by molar-refractivity contribution is 5.82. The standard InChI is InChI=1S/C22H39NO9/c1-12(25)23-16-14(26)10-22(19(29)31-5,32-18(16)17(28)15(27)11-24)21(30)8-6-13(7-9-21)20(2,3)4/h13-18,24,26-28,30H,6-11H2,1-5H3,(H,23,25)/t13?,14-,15+,16+,17+,18+,21?,22+/m0/s1. The normalized spacial score (nSPS) is 37.9. The van der Waals surface area contributed by atoms with Crippen molar-refractivity contribution < 1.29 is 44.6 Å². The molecule has 1 aliphatic carbocycles. The second-order valence-corrected chi connectivity index (χ2v) is 10.3. The van der Waals surface area contributed by atoms with Gasteiger partial charge in [-0.15, -0.1) is 0 Å². The van der Waals surface area contributed by atoms with Crippen molar-refractivity contribution in [2.75, 3.05) is 13.7 Å². The second-order valence-electron chi connectivity index (χ2n) is 10.3. The van der Waals surface area contributed by atoms with Gasteiger partial charge >= 0.3 is 5.97 Å².